The molecule has 0 spiro atoms. The molecule has 5 nitrogen and oxygen atoms in total. The zero-order valence-corrected chi connectivity index (χ0v) is 10.1. The van der Waals surface area contributed by atoms with Crippen molar-refractivity contribution in [1.29, 1.82) is 0 Å². The zero-order valence-electron chi connectivity index (χ0n) is 9.27. The van der Waals surface area contributed by atoms with Gasteiger partial charge in [0.25, 0.3) is 0 Å². The molecule has 17 heavy (non-hydrogen) atoms. The molecule has 3 heterocycles. The summed E-state index contributed by atoms with van der Waals surface area (Å²) in [6.07, 6.45) is 1.73. The maximum Gasteiger partial charge on any atom is 0.178 e. The quantitative estimate of drug-likeness (QED) is 0.722. The molecule has 3 N–H and O–H groups in total. The fourth-order valence-electron chi connectivity index (χ4n) is 1.71. The third-order valence-electron chi connectivity index (χ3n) is 2.49. The Bertz CT molecular complexity index is 636. The molecule has 0 fully saturated rings. The van der Waals surface area contributed by atoms with E-state index in [4.69, 9.17) is 5.73 Å². The van der Waals surface area contributed by atoms with E-state index in [0.717, 1.165) is 32.6 Å². The largest absolute Gasteiger partial charge is 0.336 e. The van der Waals surface area contributed by atoms with Gasteiger partial charge in [-0.1, -0.05) is 0 Å². The van der Waals surface area contributed by atoms with Crippen LogP contribution >= 0.6 is 11.3 Å². The van der Waals surface area contributed by atoms with Gasteiger partial charge in [0.05, 0.1) is 16.1 Å². The van der Waals surface area contributed by atoms with Crippen molar-refractivity contribution in [3.05, 3.63) is 29.0 Å². The molecule has 0 unspecified atom stereocenters. The molecule has 0 aliphatic carbocycles. The van der Waals surface area contributed by atoms with Crippen molar-refractivity contribution in [3.8, 4) is 10.7 Å². The number of nitrogens with one attached hydrogen (secondary N) is 1. The fourth-order valence-corrected chi connectivity index (χ4v) is 2.60. The van der Waals surface area contributed by atoms with E-state index < -0.39 is 0 Å². The average molecular weight is 245 g/mol. The Labute approximate surface area is 102 Å². The minimum atomic E-state index is 0.462. The Morgan fingerprint density at radius 2 is 2.29 bits per heavy atom. The number of thiazole rings is 1. The predicted octanol–water partition coefficient (Wildman–Crippen LogP) is 1.85. The summed E-state index contributed by atoms with van der Waals surface area (Å²) in [5.74, 6) is 0.813. The molecule has 0 aliphatic rings. The number of aryl methyl sites for hydroxylation is 1. The Hall–Kier alpha value is -1.79. The van der Waals surface area contributed by atoms with Crippen LogP contribution in [0, 0.1) is 6.92 Å². The first-order valence-corrected chi connectivity index (χ1v) is 6.07. The highest BCUT2D eigenvalue weighted by Crippen LogP contribution is 2.28. The van der Waals surface area contributed by atoms with Crippen LogP contribution in [0.2, 0.25) is 0 Å². The number of imidazole rings is 1. The van der Waals surface area contributed by atoms with Crippen molar-refractivity contribution in [2.75, 3.05) is 0 Å². The standard InChI is InChI=1S/C11H11N5S/c1-6-9(17-8(5-12)14-6)11-15-7-3-2-4-13-10(7)16-11/h2-4H,5,12H2,1H3,(H,13,15,16). The third kappa shape index (κ3) is 1.71. The minimum absolute atomic E-state index is 0.462. The average Bonchev–Trinajstić information content (AvgIpc) is 2.91. The molecule has 3 aromatic rings. The number of nitrogens with zero attached hydrogens (tertiary/aromatic N) is 3. The number of nitrogens with two attached hydrogens (primary N) is 1. The maximum atomic E-state index is 5.59. The van der Waals surface area contributed by atoms with Gasteiger partial charge in [0.1, 0.15) is 5.01 Å². The normalized spacial score (nSPS) is 11.2. The van der Waals surface area contributed by atoms with Gasteiger partial charge in [-0.3, -0.25) is 0 Å². The summed E-state index contributed by atoms with van der Waals surface area (Å²) in [6, 6.07) is 3.84. The van der Waals surface area contributed by atoms with Gasteiger partial charge in [-0.25, -0.2) is 15.0 Å². The topological polar surface area (TPSA) is 80.5 Å². The van der Waals surface area contributed by atoms with Crippen molar-refractivity contribution < 1.29 is 0 Å². The summed E-state index contributed by atoms with van der Waals surface area (Å²) in [5.41, 5.74) is 8.20. The number of aromatic nitrogens is 4. The number of H-pyrrole nitrogens is 1. The maximum absolute atomic E-state index is 5.59. The van der Waals surface area contributed by atoms with Crippen LogP contribution in [0.4, 0.5) is 0 Å². The summed E-state index contributed by atoms with van der Waals surface area (Å²) in [5, 5.41) is 0.922. The third-order valence-corrected chi connectivity index (χ3v) is 3.67. The summed E-state index contributed by atoms with van der Waals surface area (Å²) in [7, 11) is 0. The van der Waals surface area contributed by atoms with E-state index >= 15 is 0 Å². The van der Waals surface area contributed by atoms with Gasteiger partial charge in [0.15, 0.2) is 11.5 Å². The zero-order chi connectivity index (χ0) is 11.8. The second-order valence-corrected chi connectivity index (χ2v) is 4.77. The van der Waals surface area contributed by atoms with Crippen LogP contribution in [0.5, 0.6) is 0 Å². The molecular formula is C11H11N5S. The molecule has 86 valence electrons. The summed E-state index contributed by atoms with van der Waals surface area (Å²) in [4.78, 5) is 17.3. The lowest BCUT2D eigenvalue weighted by Crippen LogP contribution is -1.94. The van der Waals surface area contributed by atoms with Gasteiger partial charge in [-0.15, -0.1) is 11.3 Å². The first kappa shape index (κ1) is 10.4. The Morgan fingerprint density at radius 3 is 3.00 bits per heavy atom. The molecule has 3 aromatic heterocycles. The van der Waals surface area contributed by atoms with Crippen molar-refractivity contribution in [1.82, 2.24) is 19.9 Å². The highest BCUT2D eigenvalue weighted by molar-refractivity contribution is 7.15. The molecule has 0 bridgehead atoms. The molecule has 3 rings (SSSR count). The lowest BCUT2D eigenvalue weighted by molar-refractivity contribution is 1.02. The second-order valence-electron chi connectivity index (χ2n) is 3.69. The molecule has 0 aromatic carbocycles. The minimum Gasteiger partial charge on any atom is -0.336 e. The van der Waals surface area contributed by atoms with Crippen molar-refractivity contribution in [3.63, 3.8) is 0 Å². The lowest BCUT2D eigenvalue weighted by atomic mass is 10.4. The SMILES string of the molecule is Cc1nc(CN)sc1-c1nc2ncccc2[nH]1. The molecule has 0 amide bonds. The van der Waals surface area contributed by atoms with Crippen LogP contribution in [-0.2, 0) is 6.54 Å². The number of rotatable bonds is 2. The number of hydrogen-bond acceptors (Lipinski definition) is 5. The van der Waals surface area contributed by atoms with Crippen LogP contribution < -0.4 is 5.73 Å². The Morgan fingerprint density at radius 1 is 1.41 bits per heavy atom. The van der Waals surface area contributed by atoms with E-state index in [9.17, 15) is 0 Å². The van der Waals surface area contributed by atoms with Gasteiger partial charge in [0.2, 0.25) is 0 Å². The van der Waals surface area contributed by atoms with E-state index in [0.29, 0.717) is 6.54 Å². The molecule has 6 heteroatoms. The van der Waals surface area contributed by atoms with Gasteiger partial charge in [0, 0.05) is 12.7 Å². The highest BCUT2D eigenvalue weighted by Gasteiger charge is 2.13. The summed E-state index contributed by atoms with van der Waals surface area (Å²) >= 11 is 1.57. The Kier molecular flexibility index (Phi) is 2.38. The summed E-state index contributed by atoms with van der Waals surface area (Å²) in [6.45, 7) is 2.43. The van der Waals surface area contributed by atoms with Crippen molar-refractivity contribution >= 4 is 22.5 Å². The molecule has 0 atom stereocenters. The second kappa shape index (κ2) is 3.90. The van der Waals surface area contributed by atoms with Crippen molar-refractivity contribution in [2.45, 2.75) is 13.5 Å². The molecular weight excluding hydrogens is 234 g/mol. The Balaban J connectivity index is 2.16. The first-order chi connectivity index (χ1) is 8.28. The molecule has 0 radical (unpaired) electrons. The first-order valence-electron chi connectivity index (χ1n) is 5.25. The van der Waals surface area contributed by atoms with E-state index in [1.54, 1.807) is 17.5 Å². The smallest absolute Gasteiger partial charge is 0.178 e. The summed E-state index contributed by atoms with van der Waals surface area (Å²) < 4.78 is 0. The number of fused-ring (bicyclic) bond motifs is 1. The highest BCUT2D eigenvalue weighted by atomic mass is 32.1. The van der Waals surface area contributed by atoms with Gasteiger partial charge < -0.3 is 10.7 Å². The predicted molar refractivity (Wildman–Crippen MR) is 67.6 cm³/mol. The monoisotopic (exact) mass is 245 g/mol. The number of aromatic amines is 1. The number of hydrogen-bond donors (Lipinski definition) is 2. The van der Waals surface area contributed by atoms with E-state index in [1.807, 2.05) is 19.1 Å². The van der Waals surface area contributed by atoms with Gasteiger partial charge >= 0.3 is 0 Å². The lowest BCUT2D eigenvalue weighted by Gasteiger charge is -1.89. The molecule has 0 saturated carbocycles. The van der Waals surface area contributed by atoms with E-state index in [2.05, 4.69) is 19.9 Å². The van der Waals surface area contributed by atoms with Crippen LogP contribution in [0.3, 0.4) is 0 Å². The fraction of sp³-hybridized carbons (Fsp3) is 0.182. The van der Waals surface area contributed by atoms with Crippen LogP contribution in [0.25, 0.3) is 21.9 Å². The number of pyridine rings is 1. The van der Waals surface area contributed by atoms with Gasteiger partial charge in [-0.05, 0) is 19.1 Å². The van der Waals surface area contributed by atoms with Gasteiger partial charge in [-0.2, -0.15) is 0 Å². The van der Waals surface area contributed by atoms with Crippen LogP contribution in [0.1, 0.15) is 10.7 Å². The van der Waals surface area contributed by atoms with Crippen LogP contribution in [-0.4, -0.2) is 19.9 Å². The molecule has 0 saturated heterocycles. The molecule has 0 aliphatic heterocycles. The van der Waals surface area contributed by atoms with E-state index in [1.165, 1.54) is 0 Å². The van der Waals surface area contributed by atoms with E-state index in [-0.39, 0.29) is 0 Å². The van der Waals surface area contributed by atoms with Crippen molar-refractivity contribution in [2.24, 2.45) is 5.73 Å². The van der Waals surface area contributed by atoms with Crippen LogP contribution in [0.15, 0.2) is 18.3 Å².